The minimum absolute atomic E-state index is 0.607. The highest BCUT2D eigenvalue weighted by molar-refractivity contribution is 9.08. The fourth-order valence-corrected chi connectivity index (χ4v) is 2.14. The predicted octanol–water partition coefficient (Wildman–Crippen LogP) is 2.95. The van der Waals surface area contributed by atoms with Gasteiger partial charge in [-0.2, -0.15) is 5.10 Å². The highest BCUT2D eigenvalue weighted by Gasteiger charge is 2.05. The fourth-order valence-electron chi connectivity index (χ4n) is 1.79. The largest absolute Gasteiger partial charge is 0.493 e. The van der Waals surface area contributed by atoms with Gasteiger partial charge in [0, 0.05) is 25.0 Å². The van der Waals surface area contributed by atoms with Crippen molar-refractivity contribution in [2.24, 2.45) is 7.05 Å². The molecule has 0 aliphatic heterocycles. The van der Waals surface area contributed by atoms with Crippen molar-refractivity contribution in [2.75, 3.05) is 13.7 Å². The van der Waals surface area contributed by atoms with Gasteiger partial charge >= 0.3 is 0 Å². The van der Waals surface area contributed by atoms with Crippen molar-refractivity contribution in [3.63, 3.8) is 0 Å². The Morgan fingerprint density at radius 1 is 1.26 bits per heavy atom. The quantitative estimate of drug-likeness (QED) is 0.766. The Hall–Kier alpha value is -1.49. The zero-order valence-electron chi connectivity index (χ0n) is 11.1. The maximum absolute atomic E-state index is 5.76. The number of methoxy groups -OCH3 is 1. The van der Waals surface area contributed by atoms with E-state index in [1.807, 2.05) is 37.6 Å². The number of aryl methyl sites for hydroxylation is 1. The van der Waals surface area contributed by atoms with Gasteiger partial charge in [0.2, 0.25) is 0 Å². The van der Waals surface area contributed by atoms with Gasteiger partial charge in [0.05, 0.1) is 19.9 Å². The Kier molecular flexibility index (Phi) is 4.85. The van der Waals surface area contributed by atoms with E-state index in [1.165, 1.54) is 5.56 Å². The number of ether oxygens (including phenoxy) is 2. The average molecular weight is 325 g/mol. The first kappa shape index (κ1) is 13.9. The molecule has 0 saturated heterocycles. The minimum atomic E-state index is 0.607. The lowest BCUT2D eigenvalue weighted by atomic mass is 10.2. The lowest BCUT2D eigenvalue weighted by Crippen LogP contribution is -2.02. The third-order valence-electron chi connectivity index (χ3n) is 2.79. The first-order chi connectivity index (χ1) is 9.22. The van der Waals surface area contributed by atoms with Crippen LogP contribution in [0.15, 0.2) is 30.6 Å². The van der Waals surface area contributed by atoms with Crippen molar-refractivity contribution in [2.45, 2.75) is 11.8 Å². The number of alkyl halides is 1. The van der Waals surface area contributed by atoms with Crippen LogP contribution in [0.2, 0.25) is 0 Å². The van der Waals surface area contributed by atoms with Crippen LogP contribution in [0, 0.1) is 0 Å². The number of benzene rings is 1. The number of hydrogen-bond donors (Lipinski definition) is 0. The topological polar surface area (TPSA) is 36.3 Å². The molecule has 0 bridgehead atoms. The lowest BCUT2D eigenvalue weighted by Gasteiger charge is -2.11. The molecular formula is C14H17BrN2O2. The Balaban J connectivity index is 1.95. The second-order valence-corrected chi connectivity index (χ2v) is 4.80. The van der Waals surface area contributed by atoms with Crippen LogP contribution in [0.3, 0.4) is 0 Å². The molecule has 19 heavy (non-hydrogen) atoms. The maximum atomic E-state index is 5.76. The van der Waals surface area contributed by atoms with Gasteiger partial charge in [-0.25, -0.2) is 0 Å². The van der Waals surface area contributed by atoms with Crippen LogP contribution in [0.4, 0.5) is 0 Å². The molecular weight excluding hydrogens is 308 g/mol. The van der Waals surface area contributed by atoms with Gasteiger partial charge in [0.1, 0.15) is 0 Å². The van der Waals surface area contributed by atoms with E-state index in [4.69, 9.17) is 9.47 Å². The number of halogens is 1. The summed E-state index contributed by atoms with van der Waals surface area (Å²) in [6.45, 7) is 0.607. The Morgan fingerprint density at radius 3 is 2.74 bits per heavy atom. The summed E-state index contributed by atoms with van der Waals surface area (Å²) in [5.41, 5.74) is 2.33. The van der Waals surface area contributed by atoms with Crippen molar-refractivity contribution in [1.29, 1.82) is 0 Å². The molecule has 0 atom stereocenters. The van der Waals surface area contributed by atoms with E-state index in [9.17, 15) is 0 Å². The normalized spacial score (nSPS) is 10.5. The summed E-state index contributed by atoms with van der Waals surface area (Å²) < 4.78 is 12.9. The van der Waals surface area contributed by atoms with E-state index in [-0.39, 0.29) is 0 Å². The van der Waals surface area contributed by atoms with E-state index in [0.29, 0.717) is 6.61 Å². The summed E-state index contributed by atoms with van der Waals surface area (Å²) in [5.74, 6) is 1.54. The highest BCUT2D eigenvalue weighted by atomic mass is 79.9. The average Bonchev–Trinajstić information content (AvgIpc) is 2.84. The molecule has 1 aromatic carbocycles. The molecule has 0 saturated carbocycles. The molecule has 2 aromatic rings. The monoisotopic (exact) mass is 324 g/mol. The van der Waals surface area contributed by atoms with Gasteiger partial charge in [-0.3, -0.25) is 4.68 Å². The summed E-state index contributed by atoms with van der Waals surface area (Å²) in [6, 6.07) is 5.95. The smallest absolute Gasteiger partial charge is 0.161 e. The zero-order chi connectivity index (χ0) is 13.7. The third-order valence-corrected chi connectivity index (χ3v) is 3.44. The molecule has 0 spiro atoms. The van der Waals surface area contributed by atoms with Crippen LogP contribution >= 0.6 is 15.9 Å². The van der Waals surface area contributed by atoms with Crippen LogP contribution in [0.1, 0.15) is 11.1 Å². The summed E-state index contributed by atoms with van der Waals surface area (Å²) in [7, 11) is 3.56. The molecule has 4 nitrogen and oxygen atoms in total. The summed E-state index contributed by atoms with van der Waals surface area (Å²) in [5, 5.41) is 4.93. The van der Waals surface area contributed by atoms with Gasteiger partial charge in [-0.1, -0.05) is 22.0 Å². The molecule has 1 aromatic heterocycles. The number of aromatic nitrogens is 2. The van der Waals surface area contributed by atoms with Crippen LogP contribution in [-0.2, 0) is 18.8 Å². The van der Waals surface area contributed by atoms with E-state index < -0.39 is 0 Å². The number of hydrogen-bond acceptors (Lipinski definition) is 3. The second kappa shape index (κ2) is 6.61. The predicted molar refractivity (Wildman–Crippen MR) is 78.0 cm³/mol. The standard InChI is InChI=1S/C14H17BrN2O2/c1-17-10-12(9-16-17)5-6-19-13-4-3-11(8-15)7-14(13)18-2/h3-4,7,9-10H,5-6,8H2,1-2H3. The molecule has 2 rings (SSSR count). The fraction of sp³-hybridized carbons (Fsp3) is 0.357. The Morgan fingerprint density at radius 2 is 2.11 bits per heavy atom. The van der Waals surface area contributed by atoms with Crippen molar-refractivity contribution in [1.82, 2.24) is 9.78 Å². The van der Waals surface area contributed by atoms with Crippen molar-refractivity contribution in [3.05, 3.63) is 41.7 Å². The van der Waals surface area contributed by atoms with E-state index >= 15 is 0 Å². The summed E-state index contributed by atoms with van der Waals surface area (Å²) >= 11 is 3.43. The van der Waals surface area contributed by atoms with Crippen molar-refractivity contribution >= 4 is 15.9 Å². The maximum Gasteiger partial charge on any atom is 0.161 e. The molecule has 0 aliphatic rings. The van der Waals surface area contributed by atoms with Gasteiger partial charge in [-0.15, -0.1) is 0 Å². The van der Waals surface area contributed by atoms with Crippen molar-refractivity contribution < 1.29 is 9.47 Å². The molecule has 0 amide bonds. The molecule has 1 heterocycles. The molecule has 0 N–H and O–H groups in total. The van der Waals surface area contributed by atoms with Gasteiger partial charge < -0.3 is 9.47 Å². The van der Waals surface area contributed by atoms with Crippen LogP contribution in [0.25, 0.3) is 0 Å². The summed E-state index contributed by atoms with van der Waals surface area (Å²) in [6.07, 6.45) is 4.68. The molecule has 0 aliphatic carbocycles. The molecule has 0 unspecified atom stereocenters. The first-order valence-electron chi connectivity index (χ1n) is 6.06. The molecule has 102 valence electrons. The van der Waals surface area contributed by atoms with Crippen molar-refractivity contribution in [3.8, 4) is 11.5 Å². The third kappa shape index (κ3) is 3.73. The first-order valence-corrected chi connectivity index (χ1v) is 7.18. The lowest BCUT2D eigenvalue weighted by molar-refractivity contribution is 0.297. The highest BCUT2D eigenvalue weighted by Crippen LogP contribution is 2.28. The number of rotatable bonds is 6. The van der Waals surface area contributed by atoms with Gasteiger partial charge in [0.15, 0.2) is 11.5 Å². The second-order valence-electron chi connectivity index (χ2n) is 4.24. The van der Waals surface area contributed by atoms with Crippen LogP contribution < -0.4 is 9.47 Å². The molecule has 5 heteroatoms. The van der Waals surface area contributed by atoms with E-state index in [0.717, 1.165) is 28.8 Å². The van der Waals surface area contributed by atoms with Crippen LogP contribution in [-0.4, -0.2) is 23.5 Å². The zero-order valence-corrected chi connectivity index (χ0v) is 12.7. The number of nitrogens with zero attached hydrogens (tertiary/aromatic N) is 2. The van der Waals surface area contributed by atoms with Gasteiger partial charge in [-0.05, 0) is 23.3 Å². The molecule has 0 radical (unpaired) electrons. The minimum Gasteiger partial charge on any atom is -0.493 e. The molecule has 0 fully saturated rings. The van der Waals surface area contributed by atoms with E-state index in [2.05, 4.69) is 21.0 Å². The summed E-state index contributed by atoms with van der Waals surface area (Å²) in [4.78, 5) is 0. The van der Waals surface area contributed by atoms with E-state index in [1.54, 1.807) is 11.8 Å². The SMILES string of the molecule is COc1cc(CBr)ccc1OCCc1cnn(C)c1. The Bertz CT molecular complexity index is 540. The Labute approximate surface area is 121 Å². The van der Waals surface area contributed by atoms with Crippen LogP contribution in [0.5, 0.6) is 11.5 Å². The van der Waals surface area contributed by atoms with Gasteiger partial charge in [0.25, 0.3) is 0 Å².